The minimum Gasteiger partial charge on any atom is -0.309 e. The number of rotatable bonds is 5. The largest absolute Gasteiger partial charge is 0.309 e. The van der Waals surface area contributed by atoms with Crippen LogP contribution in [0.25, 0.3) is 0 Å². The molecule has 0 amide bonds. The number of pyridine rings is 1. The first-order valence-corrected chi connectivity index (χ1v) is 11.6. The number of hydrogen-bond acceptors (Lipinski definition) is 1. The molecule has 0 saturated carbocycles. The molecule has 0 aliphatic rings. The minimum atomic E-state index is 0.195. The van der Waals surface area contributed by atoms with Crippen LogP contribution in [-0.2, 0) is 0 Å². The zero-order valence-corrected chi connectivity index (χ0v) is 21.8. The highest BCUT2D eigenvalue weighted by molar-refractivity contribution is 5.44. The second kappa shape index (κ2) is 13.2. The smallest absolute Gasteiger partial charge is 0.254 e. The summed E-state index contributed by atoms with van der Waals surface area (Å²) in [4.78, 5) is 13.2. The van der Waals surface area contributed by atoms with E-state index in [2.05, 4.69) is 94.6 Å². The molecule has 0 radical (unpaired) electrons. The van der Waals surface area contributed by atoms with Gasteiger partial charge in [-0.2, -0.15) is 0 Å². The summed E-state index contributed by atoms with van der Waals surface area (Å²) in [5.74, 6) is 2.25. The van der Waals surface area contributed by atoms with E-state index in [9.17, 15) is 4.79 Å². The summed E-state index contributed by atoms with van der Waals surface area (Å²) in [6, 6.07) is 0.195. The van der Waals surface area contributed by atoms with Crippen molar-refractivity contribution in [3.8, 4) is 0 Å². The van der Waals surface area contributed by atoms with Crippen molar-refractivity contribution in [2.45, 2.75) is 134 Å². The maximum absolute atomic E-state index is 13.2. The van der Waals surface area contributed by atoms with E-state index in [0.29, 0.717) is 17.8 Å². The quantitative estimate of drug-likeness (QED) is 0.490. The zero-order chi connectivity index (χ0) is 22.9. The Labute approximate surface area is 177 Å². The average molecular weight is 394 g/mol. The molecule has 0 atom stereocenters. The lowest BCUT2D eigenvalue weighted by molar-refractivity contribution is 0.511. The summed E-state index contributed by atoms with van der Waals surface area (Å²) in [6.07, 6.45) is 0. The third-order valence-corrected chi connectivity index (χ3v) is 4.36. The molecule has 0 fully saturated rings. The van der Waals surface area contributed by atoms with Gasteiger partial charge in [0, 0.05) is 17.3 Å². The molecule has 1 rings (SSSR count). The molecular formula is C26H51NO. The molecule has 0 aliphatic carbocycles. The van der Waals surface area contributed by atoms with Gasteiger partial charge in [-0.05, 0) is 54.6 Å². The molecule has 0 aliphatic heterocycles. The normalized spacial score (nSPS) is 11.3. The molecule has 0 unspecified atom stereocenters. The molecule has 166 valence electrons. The van der Waals surface area contributed by atoms with Gasteiger partial charge in [-0.3, -0.25) is 4.79 Å². The van der Waals surface area contributed by atoms with Crippen molar-refractivity contribution in [2.75, 3.05) is 0 Å². The molecule has 0 spiro atoms. The lowest BCUT2D eigenvalue weighted by Gasteiger charge is -2.31. The fourth-order valence-corrected chi connectivity index (χ4v) is 3.66. The van der Waals surface area contributed by atoms with Crippen LogP contribution in [0, 0.1) is 5.92 Å². The average Bonchev–Trinajstić information content (AvgIpc) is 2.53. The van der Waals surface area contributed by atoms with Crippen LogP contribution in [0.4, 0.5) is 0 Å². The van der Waals surface area contributed by atoms with Gasteiger partial charge < -0.3 is 4.57 Å². The van der Waals surface area contributed by atoms with Crippen molar-refractivity contribution in [3.63, 3.8) is 0 Å². The fraction of sp³-hybridized carbons (Fsp3) is 0.808. The van der Waals surface area contributed by atoms with E-state index in [-0.39, 0.29) is 17.5 Å². The maximum Gasteiger partial charge on any atom is 0.254 e. The first kappa shape index (κ1) is 29.2. The molecule has 0 aromatic carbocycles. The van der Waals surface area contributed by atoms with Crippen molar-refractivity contribution >= 4 is 0 Å². The highest BCUT2D eigenvalue weighted by Crippen LogP contribution is 2.37. The number of nitrogens with zero attached hydrogens (tertiary/aromatic N) is 1. The van der Waals surface area contributed by atoms with Crippen LogP contribution in [0.15, 0.2) is 4.79 Å². The second-order valence-corrected chi connectivity index (χ2v) is 9.75. The van der Waals surface area contributed by atoms with E-state index in [4.69, 9.17) is 0 Å². The summed E-state index contributed by atoms with van der Waals surface area (Å²) in [5, 5.41) is 0. The van der Waals surface area contributed by atoms with Gasteiger partial charge >= 0.3 is 0 Å². The Hall–Kier alpha value is -1.05. The third-order valence-electron chi connectivity index (χ3n) is 4.36. The molecule has 2 nitrogen and oxygen atoms in total. The van der Waals surface area contributed by atoms with Gasteiger partial charge in [0.05, 0.1) is 0 Å². The Morgan fingerprint density at radius 1 is 0.536 bits per heavy atom. The third kappa shape index (κ3) is 7.76. The van der Waals surface area contributed by atoms with Crippen molar-refractivity contribution in [3.05, 3.63) is 32.7 Å². The van der Waals surface area contributed by atoms with Crippen LogP contribution >= 0.6 is 0 Å². The fourth-order valence-electron chi connectivity index (χ4n) is 3.66. The second-order valence-electron chi connectivity index (χ2n) is 9.75. The SMILES string of the molecule is CC.CC(C)C.CC(C)c1c(C(C)C)c(C(C)C)n(C(C)C)c(=O)c1C(C)C. The van der Waals surface area contributed by atoms with Gasteiger partial charge in [0.15, 0.2) is 0 Å². The summed E-state index contributed by atoms with van der Waals surface area (Å²) >= 11 is 0. The van der Waals surface area contributed by atoms with Gasteiger partial charge in [0.1, 0.15) is 0 Å². The van der Waals surface area contributed by atoms with E-state index in [1.807, 2.05) is 13.8 Å². The van der Waals surface area contributed by atoms with Crippen molar-refractivity contribution in [1.82, 2.24) is 4.57 Å². The first-order chi connectivity index (χ1) is 12.7. The van der Waals surface area contributed by atoms with Crippen LogP contribution in [0.1, 0.15) is 156 Å². The Balaban J connectivity index is 0. The van der Waals surface area contributed by atoms with Crippen molar-refractivity contribution in [2.24, 2.45) is 5.92 Å². The van der Waals surface area contributed by atoms with Crippen LogP contribution in [0.2, 0.25) is 0 Å². The van der Waals surface area contributed by atoms with Gasteiger partial charge in [-0.25, -0.2) is 0 Å². The summed E-state index contributed by atoms with van der Waals surface area (Å²) in [6.45, 7) is 32.4. The zero-order valence-electron chi connectivity index (χ0n) is 21.8. The summed E-state index contributed by atoms with van der Waals surface area (Å²) in [5.41, 5.74) is 5.19. The van der Waals surface area contributed by atoms with Gasteiger partial charge in [0.2, 0.25) is 0 Å². The van der Waals surface area contributed by atoms with Gasteiger partial charge in [-0.1, -0.05) is 90.0 Å². The van der Waals surface area contributed by atoms with Crippen molar-refractivity contribution in [1.29, 1.82) is 0 Å². The molecule has 0 saturated heterocycles. The Morgan fingerprint density at radius 3 is 1.07 bits per heavy atom. The number of aromatic nitrogens is 1. The molecule has 0 bridgehead atoms. The Kier molecular flexibility index (Phi) is 13.8. The Morgan fingerprint density at radius 2 is 0.857 bits per heavy atom. The predicted octanol–water partition coefficient (Wildman–Crippen LogP) is 8.61. The van der Waals surface area contributed by atoms with E-state index in [1.165, 1.54) is 16.8 Å². The summed E-state index contributed by atoms with van der Waals surface area (Å²) in [7, 11) is 0. The van der Waals surface area contributed by atoms with E-state index in [1.54, 1.807) is 0 Å². The minimum absolute atomic E-state index is 0.195. The predicted molar refractivity (Wildman–Crippen MR) is 129 cm³/mol. The van der Waals surface area contributed by atoms with Gasteiger partial charge in [-0.15, -0.1) is 0 Å². The molecule has 1 heterocycles. The van der Waals surface area contributed by atoms with Crippen LogP contribution in [0.5, 0.6) is 0 Å². The van der Waals surface area contributed by atoms with Crippen molar-refractivity contribution < 1.29 is 0 Å². The topological polar surface area (TPSA) is 22.0 Å². The highest BCUT2D eigenvalue weighted by atomic mass is 16.1. The van der Waals surface area contributed by atoms with Crippen LogP contribution in [0.3, 0.4) is 0 Å². The van der Waals surface area contributed by atoms with Crippen LogP contribution < -0.4 is 5.56 Å². The first-order valence-electron chi connectivity index (χ1n) is 11.6. The molecule has 0 N–H and O–H groups in total. The highest BCUT2D eigenvalue weighted by Gasteiger charge is 2.28. The van der Waals surface area contributed by atoms with Gasteiger partial charge in [0.25, 0.3) is 5.56 Å². The molecule has 2 heteroatoms. The Bertz CT molecular complexity index is 569. The monoisotopic (exact) mass is 393 g/mol. The molecule has 1 aromatic rings. The maximum atomic E-state index is 13.2. The number of hydrogen-bond donors (Lipinski definition) is 0. The van der Waals surface area contributed by atoms with E-state index < -0.39 is 0 Å². The lowest BCUT2D eigenvalue weighted by Crippen LogP contribution is -2.33. The molecule has 1 aromatic heterocycles. The standard InChI is InChI=1S/C20H35NO.C4H10.C2H6/c1-11(2)16-17(12(3)4)19(14(7)8)21(15(9)10)20(22)18(16)13(5)6;1-4(2)3;1-2/h11-15H,1-10H3;4H,1-3H3;1-2H3. The summed E-state index contributed by atoms with van der Waals surface area (Å²) < 4.78 is 2.06. The lowest BCUT2D eigenvalue weighted by atomic mass is 9.81. The van der Waals surface area contributed by atoms with E-state index in [0.717, 1.165) is 11.5 Å². The van der Waals surface area contributed by atoms with E-state index >= 15 is 0 Å². The van der Waals surface area contributed by atoms with Crippen LogP contribution in [-0.4, -0.2) is 4.57 Å². The molecular weight excluding hydrogens is 342 g/mol. The molecule has 28 heavy (non-hydrogen) atoms.